The predicted octanol–water partition coefficient (Wildman–Crippen LogP) is 6.65. The number of nitrogens with one attached hydrogen (secondary N) is 1. The average Bonchev–Trinajstić information content (AvgIpc) is 3.07. The van der Waals surface area contributed by atoms with E-state index in [4.69, 9.17) is 5.41 Å². The Morgan fingerprint density at radius 2 is 1.68 bits per heavy atom. The third-order valence-electron chi connectivity index (χ3n) is 7.39. The number of hydrogen-bond donors (Lipinski definition) is 2. The lowest BCUT2D eigenvalue weighted by atomic mass is 9.78. The fourth-order valence-electron chi connectivity index (χ4n) is 5.34. The summed E-state index contributed by atoms with van der Waals surface area (Å²) in [6.07, 6.45) is 2.24. The number of amidine groups is 1. The van der Waals surface area contributed by atoms with Crippen LogP contribution < -0.4 is 0 Å². The van der Waals surface area contributed by atoms with Gasteiger partial charge in [-0.25, -0.2) is 0 Å². The molecular weight excluding hydrogens is 466 g/mol. The molecule has 1 saturated heterocycles. The van der Waals surface area contributed by atoms with E-state index in [2.05, 4.69) is 6.92 Å². The quantitative estimate of drug-likeness (QED) is 0.236. The lowest BCUT2D eigenvalue weighted by molar-refractivity contribution is -0.385. The molecule has 0 saturated carbocycles. The van der Waals surface area contributed by atoms with E-state index in [-0.39, 0.29) is 51.4 Å². The van der Waals surface area contributed by atoms with Crippen molar-refractivity contribution in [2.24, 2.45) is 11.8 Å². The van der Waals surface area contributed by atoms with Gasteiger partial charge in [0.1, 0.15) is 11.6 Å². The second-order valence-electron chi connectivity index (χ2n) is 12.4. The van der Waals surface area contributed by atoms with Gasteiger partial charge in [0.15, 0.2) is 5.78 Å². The summed E-state index contributed by atoms with van der Waals surface area (Å²) in [6.45, 7) is 14.8. The number of phenols is 1. The fraction of sp³-hybridized carbons (Fsp3) is 0.533. The molecular formula is C30H41N3O4. The number of carbonyl (C=O) groups is 1. The molecule has 2 N–H and O–H groups in total. The summed E-state index contributed by atoms with van der Waals surface area (Å²) in [5.74, 6) is 0.486. The number of phenolic OH excluding ortho intramolecular Hbond substituents is 1. The number of nitro groups is 1. The molecule has 0 radical (unpaired) electrons. The highest BCUT2D eigenvalue weighted by atomic mass is 16.6. The molecule has 200 valence electrons. The zero-order valence-electron chi connectivity index (χ0n) is 23.2. The van der Waals surface area contributed by atoms with Gasteiger partial charge in [0.05, 0.1) is 11.5 Å². The lowest BCUT2D eigenvalue weighted by Gasteiger charge is -2.28. The number of carbonyl (C=O) groups excluding carboxylic acids is 1. The number of aromatic hydroxyl groups is 1. The Bertz CT molecular complexity index is 1160. The van der Waals surface area contributed by atoms with Crippen LogP contribution in [0.5, 0.6) is 5.75 Å². The first-order valence-corrected chi connectivity index (χ1v) is 13.1. The van der Waals surface area contributed by atoms with E-state index in [0.29, 0.717) is 29.9 Å². The van der Waals surface area contributed by atoms with Crippen LogP contribution >= 0.6 is 0 Å². The van der Waals surface area contributed by atoms with E-state index in [0.717, 1.165) is 24.0 Å². The van der Waals surface area contributed by atoms with Gasteiger partial charge in [-0.3, -0.25) is 20.3 Å². The van der Waals surface area contributed by atoms with Gasteiger partial charge in [0, 0.05) is 40.8 Å². The largest absolute Gasteiger partial charge is 0.507 e. The van der Waals surface area contributed by atoms with Crippen LogP contribution in [0.25, 0.3) is 0 Å². The molecule has 3 rings (SSSR count). The zero-order chi connectivity index (χ0) is 27.7. The Labute approximate surface area is 220 Å². The van der Waals surface area contributed by atoms with Crippen LogP contribution in [0.2, 0.25) is 0 Å². The number of Topliss-reactive ketones (excluding diaryl/α,β-unsaturated/α-hetero) is 1. The van der Waals surface area contributed by atoms with Crippen molar-refractivity contribution < 1.29 is 14.8 Å². The van der Waals surface area contributed by atoms with Gasteiger partial charge in [-0.2, -0.15) is 0 Å². The van der Waals surface area contributed by atoms with E-state index in [1.807, 2.05) is 46.4 Å². The standard InChI is InChI=1S/C30H41N3O4/c1-8-11-20-17-32(28(31)22(20)14-19-12-9-10-13-25(19)33(36)37)18-26(34)21-15-23(29(2,3)4)27(35)24(16-21)30(5,6)7/h9-10,12-13,15-16,20,22,31,35H,8,11,14,17-18H2,1-7H3. The molecule has 2 atom stereocenters. The van der Waals surface area contributed by atoms with E-state index in [9.17, 15) is 20.0 Å². The van der Waals surface area contributed by atoms with Crippen LogP contribution in [0, 0.1) is 27.4 Å². The maximum absolute atomic E-state index is 13.6. The van der Waals surface area contributed by atoms with Crippen molar-refractivity contribution in [2.45, 2.75) is 78.6 Å². The molecule has 2 aromatic rings. The minimum Gasteiger partial charge on any atom is -0.507 e. The van der Waals surface area contributed by atoms with Gasteiger partial charge in [0.2, 0.25) is 0 Å². The molecule has 7 nitrogen and oxygen atoms in total. The SMILES string of the molecule is CCCC1CN(CC(=O)c2cc(C(C)(C)C)c(O)c(C(C)(C)C)c2)C(=N)C1Cc1ccccc1[N+](=O)[O-]. The molecule has 7 heteroatoms. The van der Waals surface area contributed by atoms with Crippen molar-refractivity contribution in [3.05, 3.63) is 68.8 Å². The predicted molar refractivity (Wildman–Crippen MR) is 148 cm³/mol. The minimum absolute atomic E-state index is 0.0738. The summed E-state index contributed by atoms with van der Waals surface area (Å²) in [5.41, 5.74) is 2.02. The first-order valence-electron chi connectivity index (χ1n) is 13.1. The third-order valence-corrected chi connectivity index (χ3v) is 7.39. The summed E-state index contributed by atoms with van der Waals surface area (Å²) >= 11 is 0. The van der Waals surface area contributed by atoms with Crippen LogP contribution in [0.1, 0.15) is 88.4 Å². The maximum atomic E-state index is 13.6. The topological polar surface area (TPSA) is 108 Å². The van der Waals surface area contributed by atoms with Gasteiger partial charge in [-0.15, -0.1) is 0 Å². The third kappa shape index (κ3) is 6.20. The monoisotopic (exact) mass is 507 g/mol. The Morgan fingerprint density at radius 3 is 2.19 bits per heavy atom. The summed E-state index contributed by atoms with van der Waals surface area (Å²) < 4.78 is 0. The molecule has 0 aromatic heterocycles. The normalized spacial score (nSPS) is 18.4. The second kappa shape index (κ2) is 10.6. The van der Waals surface area contributed by atoms with Gasteiger partial charge in [-0.1, -0.05) is 73.1 Å². The second-order valence-corrected chi connectivity index (χ2v) is 12.4. The van der Waals surface area contributed by atoms with E-state index < -0.39 is 0 Å². The van der Waals surface area contributed by atoms with Crippen molar-refractivity contribution in [3.8, 4) is 5.75 Å². The Kier molecular flexibility index (Phi) is 8.15. The molecule has 1 aliphatic heterocycles. The van der Waals surface area contributed by atoms with Gasteiger partial charge >= 0.3 is 0 Å². The number of benzene rings is 2. The average molecular weight is 508 g/mol. The molecule has 1 aliphatic rings. The van der Waals surface area contributed by atoms with Crippen molar-refractivity contribution in [1.82, 2.24) is 4.90 Å². The van der Waals surface area contributed by atoms with Crippen LogP contribution in [0.15, 0.2) is 36.4 Å². The first-order chi connectivity index (χ1) is 17.1. The summed E-state index contributed by atoms with van der Waals surface area (Å²) in [6, 6.07) is 10.3. The van der Waals surface area contributed by atoms with E-state index >= 15 is 0 Å². The van der Waals surface area contributed by atoms with Crippen molar-refractivity contribution in [1.29, 1.82) is 5.41 Å². The van der Waals surface area contributed by atoms with Gasteiger partial charge in [-0.05, 0) is 41.7 Å². The number of ketones is 1. The smallest absolute Gasteiger partial charge is 0.272 e. The van der Waals surface area contributed by atoms with E-state index in [1.54, 1.807) is 30.3 Å². The number of nitro benzene ring substituents is 1. The molecule has 2 aromatic carbocycles. The fourth-order valence-corrected chi connectivity index (χ4v) is 5.34. The highest BCUT2D eigenvalue weighted by molar-refractivity contribution is 6.01. The molecule has 2 unspecified atom stereocenters. The highest BCUT2D eigenvalue weighted by Gasteiger charge is 2.39. The lowest BCUT2D eigenvalue weighted by Crippen LogP contribution is -2.33. The number of para-hydroxylation sites is 1. The Hall–Kier alpha value is -3.22. The van der Waals surface area contributed by atoms with Crippen LogP contribution in [0.3, 0.4) is 0 Å². The number of likely N-dealkylation sites (tertiary alicyclic amines) is 1. The molecule has 37 heavy (non-hydrogen) atoms. The maximum Gasteiger partial charge on any atom is 0.272 e. The zero-order valence-corrected chi connectivity index (χ0v) is 23.2. The molecule has 0 spiro atoms. The molecule has 0 bridgehead atoms. The number of nitrogens with zero attached hydrogens (tertiary/aromatic N) is 2. The van der Waals surface area contributed by atoms with E-state index in [1.165, 1.54) is 6.07 Å². The highest BCUT2D eigenvalue weighted by Crippen LogP contribution is 2.40. The van der Waals surface area contributed by atoms with Gasteiger partial charge < -0.3 is 10.0 Å². The molecule has 1 fully saturated rings. The van der Waals surface area contributed by atoms with Crippen molar-refractivity contribution in [2.75, 3.05) is 13.1 Å². The number of rotatable bonds is 8. The van der Waals surface area contributed by atoms with Crippen LogP contribution in [0.4, 0.5) is 5.69 Å². The Balaban J connectivity index is 1.91. The van der Waals surface area contributed by atoms with Crippen molar-refractivity contribution >= 4 is 17.3 Å². The molecule has 0 aliphatic carbocycles. The molecule has 1 heterocycles. The summed E-state index contributed by atoms with van der Waals surface area (Å²) in [5, 5.41) is 31.5. The summed E-state index contributed by atoms with van der Waals surface area (Å²) in [4.78, 5) is 26.6. The Morgan fingerprint density at radius 1 is 1.11 bits per heavy atom. The molecule has 0 amide bonds. The van der Waals surface area contributed by atoms with Crippen LogP contribution in [-0.2, 0) is 17.3 Å². The minimum atomic E-state index is -0.367. The number of hydrogen-bond acceptors (Lipinski definition) is 5. The van der Waals surface area contributed by atoms with Crippen molar-refractivity contribution in [3.63, 3.8) is 0 Å². The van der Waals surface area contributed by atoms with Gasteiger partial charge in [0.25, 0.3) is 5.69 Å². The first kappa shape index (κ1) is 28.4. The summed E-state index contributed by atoms with van der Waals surface area (Å²) in [7, 11) is 0. The van der Waals surface area contributed by atoms with Crippen LogP contribution in [-0.4, -0.2) is 39.6 Å².